The second-order valence-electron chi connectivity index (χ2n) is 4.72. The first-order valence-electron chi connectivity index (χ1n) is 6.31. The van der Waals surface area contributed by atoms with E-state index < -0.39 is 0 Å². The fraction of sp³-hybridized carbons (Fsp3) is 0.692. The topological polar surface area (TPSA) is 32.3 Å². The highest BCUT2D eigenvalue weighted by molar-refractivity contribution is 7.99. The second-order valence-corrected chi connectivity index (χ2v) is 6.93. The Morgan fingerprint density at radius 2 is 2.24 bits per heavy atom. The minimum Gasteiger partial charge on any atom is -0.388 e. The Bertz CT molecular complexity index is 309. The summed E-state index contributed by atoms with van der Waals surface area (Å²) < 4.78 is 0. The van der Waals surface area contributed by atoms with Crippen molar-refractivity contribution in [3.05, 3.63) is 22.4 Å². The van der Waals surface area contributed by atoms with E-state index in [9.17, 15) is 5.11 Å². The van der Waals surface area contributed by atoms with Crippen molar-refractivity contribution in [3.8, 4) is 0 Å². The van der Waals surface area contributed by atoms with Gasteiger partial charge in [-0.05, 0) is 49.1 Å². The smallest absolute Gasteiger partial charge is 0.0896 e. The van der Waals surface area contributed by atoms with Gasteiger partial charge in [-0.15, -0.1) is 11.3 Å². The number of thioether (sulfide) groups is 1. The molecule has 1 aliphatic rings. The first kappa shape index (κ1) is 13.4. The maximum Gasteiger partial charge on any atom is 0.0896 e. The largest absolute Gasteiger partial charge is 0.388 e. The van der Waals surface area contributed by atoms with Gasteiger partial charge in [0.25, 0.3) is 0 Å². The SMILES string of the molecule is C[C@H](C[C@H](O)c1cccs1)NC1CCSCC1. The third-order valence-electron chi connectivity index (χ3n) is 3.19. The first-order valence-corrected chi connectivity index (χ1v) is 8.34. The molecule has 0 bridgehead atoms. The van der Waals surface area contributed by atoms with Gasteiger partial charge in [0.05, 0.1) is 6.10 Å². The molecule has 0 aromatic carbocycles. The number of hydrogen-bond acceptors (Lipinski definition) is 4. The minimum absolute atomic E-state index is 0.310. The third kappa shape index (κ3) is 4.28. The number of aliphatic hydroxyl groups is 1. The highest BCUT2D eigenvalue weighted by atomic mass is 32.2. The predicted octanol–water partition coefficient (Wildman–Crippen LogP) is 3.05. The van der Waals surface area contributed by atoms with Crippen molar-refractivity contribution in [1.82, 2.24) is 5.32 Å². The van der Waals surface area contributed by atoms with Crippen LogP contribution < -0.4 is 5.32 Å². The maximum absolute atomic E-state index is 10.1. The van der Waals surface area contributed by atoms with Crippen LogP contribution in [0.4, 0.5) is 0 Å². The monoisotopic (exact) mass is 271 g/mol. The van der Waals surface area contributed by atoms with Gasteiger partial charge in [-0.1, -0.05) is 6.07 Å². The highest BCUT2D eigenvalue weighted by Crippen LogP contribution is 2.24. The van der Waals surface area contributed by atoms with Crippen LogP contribution in [0.25, 0.3) is 0 Å². The van der Waals surface area contributed by atoms with Crippen LogP contribution in [0.1, 0.15) is 37.2 Å². The molecule has 0 aliphatic carbocycles. The number of nitrogens with one attached hydrogen (secondary N) is 1. The third-order valence-corrected chi connectivity index (χ3v) is 5.21. The van der Waals surface area contributed by atoms with Gasteiger partial charge in [0.15, 0.2) is 0 Å². The van der Waals surface area contributed by atoms with E-state index in [1.807, 2.05) is 29.3 Å². The first-order chi connectivity index (χ1) is 8.25. The molecule has 1 aromatic rings. The van der Waals surface area contributed by atoms with Crippen LogP contribution in [-0.2, 0) is 0 Å². The van der Waals surface area contributed by atoms with Crippen LogP contribution in [0, 0.1) is 0 Å². The molecule has 0 amide bonds. The summed E-state index contributed by atoms with van der Waals surface area (Å²) in [5.74, 6) is 2.55. The zero-order valence-corrected chi connectivity index (χ0v) is 11.9. The number of rotatable bonds is 5. The van der Waals surface area contributed by atoms with E-state index in [0.717, 1.165) is 11.3 Å². The lowest BCUT2D eigenvalue weighted by Gasteiger charge is -2.27. The maximum atomic E-state index is 10.1. The summed E-state index contributed by atoms with van der Waals surface area (Å²) in [6, 6.07) is 5.06. The zero-order chi connectivity index (χ0) is 12.1. The lowest BCUT2D eigenvalue weighted by molar-refractivity contribution is 0.154. The van der Waals surface area contributed by atoms with Gasteiger partial charge in [0.1, 0.15) is 0 Å². The fourth-order valence-electron chi connectivity index (χ4n) is 2.27. The van der Waals surface area contributed by atoms with Gasteiger partial charge in [-0.2, -0.15) is 11.8 Å². The molecule has 0 spiro atoms. The van der Waals surface area contributed by atoms with Gasteiger partial charge in [0, 0.05) is 17.0 Å². The molecule has 1 saturated heterocycles. The molecular formula is C13H21NOS2. The lowest BCUT2D eigenvalue weighted by Crippen LogP contribution is -2.39. The van der Waals surface area contributed by atoms with E-state index in [-0.39, 0.29) is 6.10 Å². The van der Waals surface area contributed by atoms with E-state index in [0.29, 0.717) is 12.1 Å². The Hall–Kier alpha value is -0.0300. The summed E-state index contributed by atoms with van der Waals surface area (Å²) in [6.45, 7) is 2.18. The molecule has 2 rings (SSSR count). The number of aliphatic hydroxyl groups excluding tert-OH is 1. The van der Waals surface area contributed by atoms with E-state index in [1.165, 1.54) is 24.3 Å². The van der Waals surface area contributed by atoms with Crippen LogP contribution in [0.5, 0.6) is 0 Å². The molecule has 0 radical (unpaired) electrons. The zero-order valence-electron chi connectivity index (χ0n) is 10.3. The molecular weight excluding hydrogens is 250 g/mol. The quantitative estimate of drug-likeness (QED) is 0.863. The number of hydrogen-bond donors (Lipinski definition) is 2. The Morgan fingerprint density at radius 3 is 2.88 bits per heavy atom. The van der Waals surface area contributed by atoms with Crippen molar-refractivity contribution in [1.29, 1.82) is 0 Å². The lowest BCUT2D eigenvalue weighted by atomic mass is 10.1. The van der Waals surface area contributed by atoms with Crippen LogP contribution in [0.15, 0.2) is 17.5 Å². The van der Waals surface area contributed by atoms with E-state index in [4.69, 9.17) is 0 Å². The molecule has 2 nitrogen and oxygen atoms in total. The molecule has 17 heavy (non-hydrogen) atoms. The molecule has 0 unspecified atom stereocenters. The van der Waals surface area contributed by atoms with Crippen molar-refractivity contribution in [2.75, 3.05) is 11.5 Å². The van der Waals surface area contributed by atoms with Crippen molar-refractivity contribution < 1.29 is 5.11 Å². The summed E-state index contributed by atoms with van der Waals surface area (Å²) in [7, 11) is 0. The molecule has 0 saturated carbocycles. The normalized spacial score (nSPS) is 21.3. The summed E-state index contributed by atoms with van der Waals surface area (Å²) in [4.78, 5) is 1.08. The van der Waals surface area contributed by atoms with Crippen molar-refractivity contribution in [2.45, 2.75) is 44.4 Å². The van der Waals surface area contributed by atoms with Gasteiger partial charge < -0.3 is 10.4 Å². The van der Waals surface area contributed by atoms with Gasteiger partial charge in [-0.25, -0.2) is 0 Å². The van der Waals surface area contributed by atoms with Crippen LogP contribution >= 0.6 is 23.1 Å². The number of thiophene rings is 1. The van der Waals surface area contributed by atoms with Crippen LogP contribution in [0.2, 0.25) is 0 Å². The van der Waals surface area contributed by atoms with Crippen LogP contribution in [0.3, 0.4) is 0 Å². The molecule has 2 heterocycles. The highest BCUT2D eigenvalue weighted by Gasteiger charge is 2.18. The molecule has 96 valence electrons. The predicted molar refractivity (Wildman–Crippen MR) is 76.8 cm³/mol. The average molecular weight is 271 g/mol. The molecule has 1 fully saturated rings. The average Bonchev–Trinajstić information content (AvgIpc) is 2.83. The molecule has 2 atom stereocenters. The van der Waals surface area contributed by atoms with Crippen molar-refractivity contribution in [2.24, 2.45) is 0 Å². The summed E-state index contributed by atoms with van der Waals surface area (Å²) in [5, 5.41) is 15.7. The standard InChI is InChI=1S/C13H21NOS2/c1-10(14-11-4-7-16-8-5-11)9-12(15)13-3-2-6-17-13/h2-3,6,10-12,14-15H,4-5,7-9H2,1H3/t10-,12+/m1/s1. The Kier molecular flexibility index (Phi) is 5.35. The minimum atomic E-state index is -0.310. The van der Waals surface area contributed by atoms with Crippen molar-refractivity contribution in [3.63, 3.8) is 0 Å². The van der Waals surface area contributed by atoms with Crippen molar-refractivity contribution >= 4 is 23.1 Å². The van der Waals surface area contributed by atoms with Crippen LogP contribution in [-0.4, -0.2) is 28.7 Å². The molecule has 1 aliphatic heterocycles. The van der Waals surface area contributed by atoms with E-state index >= 15 is 0 Å². The van der Waals surface area contributed by atoms with Gasteiger partial charge in [-0.3, -0.25) is 0 Å². The van der Waals surface area contributed by atoms with Gasteiger partial charge in [0.2, 0.25) is 0 Å². The molecule has 2 N–H and O–H groups in total. The Labute approximate surface area is 112 Å². The Morgan fingerprint density at radius 1 is 1.47 bits per heavy atom. The fourth-order valence-corrected chi connectivity index (χ4v) is 4.10. The summed E-state index contributed by atoms with van der Waals surface area (Å²) in [6.07, 6.45) is 3.04. The second kappa shape index (κ2) is 6.78. The Balaban J connectivity index is 1.74. The molecule has 1 aromatic heterocycles. The van der Waals surface area contributed by atoms with E-state index in [2.05, 4.69) is 12.2 Å². The molecule has 4 heteroatoms. The summed E-state index contributed by atoms with van der Waals surface area (Å²) in [5.41, 5.74) is 0. The summed E-state index contributed by atoms with van der Waals surface area (Å²) >= 11 is 3.69. The van der Waals surface area contributed by atoms with Gasteiger partial charge >= 0.3 is 0 Å². The van der Waals surface area contributed by atoms with E-state index in [1.54, 1.807) is 11.3 Å².